The number of para-hydroxylation sites is 1. The molecule has 0 aliphatic carbocycles. The summed E-state index contributed by atoms with van der Waals surface area (Å²) in [5.74, 6) is -0.0593. The topological polar surface area (TPSA) is 55.4 Å². The molecule has 4 nitrogen and oxygen atoms in total. The monoisotopic (exact) mass is 331 g/mol. The first kappa shape index (κ1) is 16.2. The average Bonchev–Trinajstić information content (AvgIpc) is 2.45. The van der Waals surface area contributed by atoms with E-state index in [4.69, 9.17) is 0 Å². The highest BCUT2D eigenvalue weighted by Gasteiger charge is 2.28. The fourth-order valence-corrected chi connectivity index (χ4v) is 2.66. The van der Waals surface area contributed by atoms with Crippen molar-refractivity contribution in [3.63, 3.8) is 0 Å². The number of hydrogen-bond donors (Lipinski definition) is 1. The Labute approximate surface area is 125 Å². The van der Waals surface area contributed by atoms with E-state index in [1.165, 1.54) is 24.3 Å². The van der Waals surface area contributed by atoms with Crippen LogP contribution in [0, 0.1) is 0 Å². The van der Waals surface area contributed by atoms with E-state index in [-0.39, 0.29) is 10.6 Å². The van der Waals surface area contributed by atoms with Gasteiger partial charge in [-0.3, -0.25) is 4.72 Å². The van der Waals surface area contributed by atoms with Gasteiger partial charge in [-0.15, -0.1) is 0 Å². The van der Waals surface area contributed by atoms with Gasteiger partial charge < -0.3 is 4.74 Å². The lowest BCUT2D eigenvalue weighted by Crippen LogP contribution is -2.19. The van der Waals surface area contributed by atoms with Gasteiger partial charge in [0.05, 0.1) is 4.90 Å². The Morgan fingerprint density at radius 1 is 0.955 bits per heavy atom. The molecule has 0 fully saturated rings. The third-order valence-electron chi connectivity index (χ3n) is 2.56. The van der Waals surface area contributed by atoms with E-state index in [1.807, 2.05) is 0 Å². The molecule has 0 saturated carbocycles. The van der Waals surface area contributed by atoms with Crippen LogP contribution in [0.25, 0.3) is 0 Å². The number of ether oxygens (including phenoxy) is 1. The molecule has 0 unspecified atom stereocenters. The standard InChI is InChI=1S/C14H12F3NO3S/c15-14(16,17)10-21-12-6-8-13(9-7-12)22(19,20)18-11-4-2-1-3-5-11/h1-9,18H,10H2. The molecule has 0 saturated heterocycles. The summed E-state index contributed by atoms with van der Waals surface area (Å²) < 4.78 is 67.1. The molecule has 0 aromatic heterocycles. The average molecular weight is 331 g/mol. The molecule has 0 aliphatic heterocycles. The van der Waals surface area contributed by atoms with E-state index in [9.17, 15) is 21.6 Å². The highest BCUT2D eigenvalue weighted by Crippen LogP contribution is 2.21. The molecular weight excluding hydrogens is 319 g/mol. The summed E-state index contributed by atoms with van der Waals surface area (Å²) in [6, 6.07) is 12.9. The van der Waals surface area contributed by atoms with Gasteiger partial charge in [0.1, 0.15) is 5.75 Å². The second-order valence-corrected chi connectivity index (χ2v) is 6.03. The summed E-state index contributed by atoms with van der Waals surface area (Å²) >= 11 is 0. The fraction of sp³-hybridized carbons (Fsp3) is 0.143. The third kappa shape index (κ3) is 4.66. The van der Waals surface area contributed by atoms with Gasteiger partial charge in [0.2, 0.25) is 0 Å². The summed E-state index contributed by atoms with van der Waals surface area (Å²) in [7, 11) is -3.80. The molecule has 0 radical (unpaired) electrons. The summed E-state index contributed by atoms with van der Waals surface area (Å²) in [5, 5.41) is 0. The molecular formula is C14H12F3NO3S. The quantitative estimate of drug-likeness (QED) is 0.913. The number of anilines is 1. The highest BCUT2D eigenvalue weighted by atomic mass is 32.2. The number of nitrogens with one attached hydrogen (secondary N) is 1. The van der Waals surface area contributed by atoms with Gasteiger partial charge >= 0.3 is 6.18 Å². The van der Waals surface area contributed by atoms with Crippen molar-refractivity contribution in [1.82, 2.24) is 0 Å². The maximum atomic E-state index is 12.1. The first-order valence-corrected chi connectivity index (χ1v) is 7.62. The number of rotatable bonds is 5. The van der Waals surface area contributed by atoms with Gasteiger partial charge in [0, 0.05) is 5.69 Å². The summed E-state index contributed by atoms with van der Waals surface area (Å²) in [6.45, 7) is -1.43. The predicted octanol–water partition coefficient (Wildman–Crippen LogP) is 3.43. The van der Waals surface area contributed by atoms with Crippen molar-refractivity contribution in [1.29, 1.82) is 0 Å². The molecule has 0 atom stereocenters. The van der Waals surface area contributed by atoms with E-state index in [0.29, 0.717) is 5.69 Å². The maximum Gasteiger partial charge on any atom is 0.422 e. The molecule has 1 N–H and O–H groups in total. The van der Waals surface area contributed by atoms with E-state index in [0.717, 1.165) is 0 Å². The molecule has 0 amide bonds. The zero-order valence-corrected chi connectivity index (χ0v) is 12.0. The van der Waals surface area contributed by atoms with Crippen LogP contribution in [-0.2, 0) is 10.0 Å². The van der Waals surface area contributed by atoms with Gasteiger partial charge in [-0.1, -0.05) is 18.2 Å². The van der Waals surface area contributed by atoms with Crippen LogP contribution in [0.5, 0.6) is 5.75 Å². The molecule has 0 heterocycles. The Hall–Kier alpha value is -2.22. The van der Waals surface area contributed by atoms with Crippen LogP contribution in [-0.4, -0.2) is 21.2 Å². The van der Waals surface area contributed by atoms with E-state index in [2.05, 4.69) is 9.46 Å². The van der Waals surface area contributed by atoms with Crippen LogP contribution >= 0.6 is 0 Å². The second kappa shape index (κ2) is 6.27. The Morgan fingerprint density at radius 3 is 2.09 bits per heavy atom. The van der Waals surface area contributed by atoms with Crippen molar-refractivity contribution in [3.8, 4) is 5.75 Å². The summed E-state index contributed by atoms with van der Waals surface area (Å²) in [4.78, 5) is -0.0734. The van der Waals surface area contributed by atoms with Crippen LogP contribution in [0.3, 0.4) is 0 Å². The number of alkyl halides is 3. The van der Waals surface area contributed by atoms with E-state index < -0.39 is 22.8 Å². The SMILES string of the molecule is O=S(=O)(Nc1ccccc1)c1ccc(OCC(F)(F)F)cc1. The molecule has 2 rings (SSSR count). The first-order valence-electron chi connectivity index (χ1n) is 6.14. The molecule has 0 aliphatic rings. The van der Waals surface area contributed by atoms with Crippen LogP contribution in [0.15, 0.2) is 59.5 Å². The van der Waals surface area contributed by atoms with Crippen molar-refractivity contribution >= 4 is 15.7 Å². The Kier molecular flexibility index (Phi) is 4.60. The van der Waals surface area contributed by atoms with Crippen molar-refractivity contribution in [3.05, 3.63) is 54.6 Å². The summed E-state index contributed by atoms with van der Waals surface area (Å²) in [5.41, 5.74) is 0.389. The number of benzene rings is 2. The van der Waals surface area contributed by atoms with Gasteiger partial charge in [0.25, 0.3) is 10.0 Å². The number of hydrogen-bond acceptors (Lipinski definition) is 3. The highest BCUT2D eigenvalue weighted by molar-refractivity contribution is 7.92. The predicted molar refractivity (Wildman–Crippen MR) is 75.2 cm³/mol. The van der Waals surface area contributed by atoms with Crippen LogP contribution in [0.4, 0.5) is 18.9 Å². The smallest absolute Gasteiger partial charge is 0.422 e. The zero-order valence-electron chi connectivity index (χ0n) is 11.2. The minimum atomic E-state index is -4.44. The van der Waals surface area contributed by atoms with E-state index in [1.54, 1.807) is 30.3 Å². The van der Waals surface area contributed by atoms with Crippen molar-refractivity contribution in [2.75, 3.05) is 11.3 Å². The van der Waals surface area contributed by atoms with Gasteiger partial charge in [-0.25, -0.2) is 8.42 Å². The Balaban J connectivity index is 2.09. The van der Waals surface area contributed by atoms with Gasteiger partial charge in [0.15, 0.2) is 6.61 Å². The molecule has 2 aromatic carbocycles. The Bertz CT molecular complexity index is 713. The van der Waals surface area contributed by atoms with Crippen LogP contribution < -0.4 is 9.46 Å². The molecule has 22 heavy (non-hydrogen) atoms. The first-order chi connectivity index (χ1) is 10.3. The lowest BCUT2D eigenvalue weighted by molar-refractivity contribution is -0.153. The lowest BCUT2D eigenvalue weighted by atomic mass is 10.3. The lowest BCUT2D eigenvalue weighted by Gasteiger charge is -2.10. The largest absolute Gasteiger partial charge is 0.484 e. The normalized spacial score (nSPS) is 12.0. The molecule has 118 valence electrons. The van der Waals surface area contributed by atoms with E-state index >= 15 is 0 Å². The molecule has 2 aromatic rings. The third-order valence-corrected chi connectivity index (χ3v) is 3.96. The van der Waals surface area contributed by atoms with Crippen molar-refractivity contribution in [2.45, 2.75) is 11.1 Å². The van der Waals surface area contributed by atoms with Crippen LogP contribution in [0.2, 0.25) is 0 Å². The minimum absolute atomic E-state index is 0.0593. The molecule has 0 spiro atoms. The van der Waals surface area contributed by atoms with Crippen molar-refractivity contribution in [2.24, 2.45) is 0 Å². The molecule has 8 heteroatoms. The maximum absolute atomic E-state index is 12.1. The minimum Gasteiger partial charge on any atom is -0.484 e. The Morgan fingerprint density at radius 2 is 1.55 bits per heavy atom. The van der Waals surface area contributed by atoms with Crippen LogP contribution in [0.1, 0.15) is 0 Å². The second-order valence-electron chi connectivity index (χ2n) is 4.35. The number of halogens is 3. The summed E-state index contributed by atoms with van der Waals surface area (Å²) in [6.07, 6.45) is -4.44. The van der Waals surface area contributed by atoms with Gasteiger partial charge in [-0.2, -0.15) is 13.2 Å². The van der Waals surface area contributed by atoms with Crippen molar-refractivity contribution < 1.29 is 26.3 Å². The van der Waals surface area contributed by atoms with Gasteiger partial charge in [-0.05, 0) is 36.4 Å². The molecule has 0 bridgehead atoms. The number of sulfonamides is 1. The zero-order chi connectivity index (χ0) is 16.2. The fourth-order valence-electron chi connectivity index (χ4n) is 1.60.